The second-order valence-corrected chi connectivity index (χ2v) is 7.69. The van der Waals surface area contributed by atoms with Gasteiger partial charge in [0, 0.05) is 26.8 Å². The molecule has 0 aromatic heterocycles. The van der Waals surface area contributed by atoms with Gasteiger partial charge in [0.2, 0.25) is 0 Å². The molecule has 0 aromatic carbocycles. The zero-order valence-electron chi connectivity index (χ0n) is 17.1. The molecule has 0 rings (SSSR count). The highest BCUT2D eigenvalue weighted by atomic mass is 16.6. The summed E-state index contributed by atoms with van der Waals surface area (Å²) >= 11 is 0. The molecule has 0 aliphatic heterocycles. The lowest BCUT2D eigenvalue weighted by Gasteiger charge is -2.27. The number of aliphatic imine (C=N–C) groups is 1. The first-order valence-electron chi connectivity index (χ1n) is 9.12. The van der Waals surface area contributed by atoms with Crippen molar-refractivity contribution in [1.82, 2.24) is 16.0 Å². The highest BCUT2D eigenvalue weighted by Crippen LogP contribution is 2.09. The number of rotatable bonds is 10. The van der Waals surface area contributed by atoms with Crippen LogP contribution < -0.4 is 16.0 Å². The van der Waals surface area contributed by atoms with Gasteiger partial charge >= 0.3 is 6.09 Å². The van der Waals surface area contributed by atoms with Crippen LogP contribution in [0.3, 0.4) is 0 Å². The Kier molecular flexibility index (Phi) is 11.2. The van der Waals surface area contributed by atoms with Gasteiger partial charge in [-0.3, -0.25) is 4.99 Å². The van der Waals surface area contributed by atoms with Gasteiger partial charge in [0.05, 0.1) is 12.1 Å². The fourth-order valence-corrected chi connectivity index (χ4v) is 1.99. The van der Waals surface area contributed by atoms with Crippen molar-refractivity contribution in [2.24, 2.45) is 4.99 Å². The molecule has 0 bridgehead atoms. The van der Waals surface area contributed by atoms with Crippen LogP contribution in [0.25, 0.3) is 0 Å². The van der Waals surface area contributed by atoms with Crippen LogP contribution in [0.4, 0.5) is 4.79 Å². The summed E-state index contributed by atoms with van der Waals surface area (Å²) in [6.07, 6.45) is 2.82. The number of alkyl carbamates (subject to hydrolysis) is 1. The van der Waals surface area contributed by atoms with Crippen LogP contribution in [-0.2, 0) is 9.47 Å². The molecule has 0 fully saturated rings. The lowest BCUT2D eigenvalue weighted by atomic mass is 10.1. The minimum Gasteiger partial charge on any atom is -0.444 e. The summed E-state index contributed by atoms with van der Waals surface area (Å²) in [4.78, 5) is 16.5. The van der Waals surface area contributed by atoms with Crippen LogP contribution in [-0.4, -0.2) is 56.5 Å². The molecule has 0 aliphatic rings. The molecule has 0 heterocycles. The Hall–Kier alpha value is -1.50. The number of carbonyl (C=O) groups is 1. The van der Waals surface area contributed by atoms with Gasteiger partial charge in [-0.2, -0.15) is 0 Å². The van der Waals surface area contributed by atoms with Gasteiger partial charge in [0.25, 0.3) is 0 Å². The van der Waals surface area contributed by atoms with Crippen molar-refractivity contribution in [2.75, 3.05) is 33.4 Å². The summed E-state index contributed by atoms with van der Waals surface area (Å²) in [6.45, 7) is 14.3. The molecule has 148 valence electrons. The quantitative estimate of drug-likeness (QED) is 0.318. The van der Waals surface area contributed by atoms with Crippen molar-refractivity contribution in [3.8, 4) is 0 Å². The number of amides is 1. The lowest BCUT2D eigenvalue weighted by Crippen LogP contribution is -2.49. The van der Waals surface area contributed by atoms with Crippen molar-refractivity contribution in [1.29, 1.82) is 0 Å². The summed E-state index contributed by atoms with van der Waals surface area (Å²) in [5.74, 6) is 0.758. The SMILES string of the molecule is CCNC(=NCC(C)(C)NC(=O)OC(C)(C)C)NCCCCCOC. The fraction of sp³-hybridized carbons (Fsp3) is 0.889. The molecule has 0 aromatic rings. The third-order valence-electron chi connectivity index (χ3n) is 3.13. The van der Waals surface area contributed by atoms with Crippen molar-refractivity contribution in [3.05, 3.63) is 0 Å². The molecular formula is C18H38N4O3. The van der Waals surface area contributed by atoms with E-state index >= 15 is 0 Å². The van der Waals surface area contributed by atoms with Crippen LogP contribution in [0.1, 0.15) is 60.8 Å². The summed E-state index contributed by atoms with van der Waals surface area (Å²) in [6, 6.07) is 0. The first kappa shape index (κ1) is 23.5. The zero-order valence-corrected chi connectivity index (χ0v) is 17.1. The topological polar surface area (TPSA) is 84.0 Å². The van der Waals surface area contributed by atoms with Gasteiger partial charge in [0.15, 0.2) is 5.96 Å². The molecule has 3 N–H and O–H groups in total. The molecule has 0 aliphatic carbocycles. The summed E-state index contributed by atoms with van der Waals surface area (Å²) < 4.78 is 10.3. The Morgan fingerprint density at radius 3 is 2.28 bits per heavy atom. The Bertz CT molecular complexity index is 404. The van der Waals surface area contributed by atoms with Crippen LogP contribution in [0.5, 0.6) is 0 Å². The standard InChI is InChI=1S/C18H38N4O3/c1-8-19-15(20-12-10-9-11-13-24-7)21-14-18(5,6)22-16(23)25-17(2,3)4/h8-14H2,1-7H3,(H,22,23)(H2,19,20,21). The largest absolute Gasteiger partial charge is 0.444 e. The van der Waals surface area contributed by atoms with Gasteiger partial charge in [-0.15, -0.1) is 0 Å². The van der Waals surface area contributed by atoms with E-state index < -0.39 is 17.2 Å². The second-order valence-electron chi connectivity index (χ2n) is 7.69. The van der Waals surface area contributed by atoms with Crippen molar-refractivity contribution < 1.29 is 14.3 Å². The number of ether oxygens (including phenoxy) is 2. The number of unbranched alkanes of at least 4 members (excludes halogenated alkanes) is 2. The summed E-state index contributed by atoms with van der Waals surface area (Å²) in [5, 5.41) is 9.40. The van der Waals surface area contributed by atoms with E-state index in [-0.39, 0.29) is 0 Å². The van der Waals surface area contributed by atoms with Gasteiger partial charge in [-0.1, -0.05) is 0 Å². The van der Waals surface area contributed by atoms with Crippen LogP contribution in [0, 0.1) is 0 Å². The molecule has 0 radical (unpaired) electrons. The molecule has 0 saturated heterocycles. The average molecular weight is 359 g/mol. The minimum absolute atomic E-state index is 0.427. The predicted molar refractivity (Wildman–Crippen MR) is 103 cm³/mol. The molecule has 0 saturated carbocycles. The van der Waals surface area contributed by atoms with Crippen molar-refractivity contribution in [3.63, 3.8) is 0 Å². The normalized spacial score (nSPS) is 12.7. The number of nitrogens with zero attached hydrogens (tertiary/aromatic N) is 1. The van der Waals surface area contributed by atoms with Crippen molar-refractivity contribution in [2.45, 2.75) is 71.9 Å². The molecular weight excluding hydrogens is 320 g/mol. The van der Waals surface area contributed by atoms with E-state index in [4.69, 9.17) is 9.47 Å². The first-order chi connectivity index (χ1) is 11.6. The van der Waals surface area contributed by atoms with E-state index in [1.165, 1.54) is 0 Å². The zero-order chi connectivity index (χ0) is 19.3. The van der Waals surface area contributed by atoms with Crippen LogP contribution >= 0.6 is 0 Å². The maximum absolute atomic E-state index is 11.9. The van der Waals surface area contributed by atoms with E-state index in [1.807, 2.05) is 41.5 Å². The number of hydrogen-bond donors (Lipinski definition) is 3. The number of carbonyl (C=O) groups excluding carboxylic acids is 1. The van der Waals surface area contributed by atoms with Gasteiger partial charge in [0.1, 0.15) is 5.60 Å². The summed E-state index contributed by atoms with van der Waals surface area (Å²) in [7, 11) is 1.72. The maximum Gasteiger partial charge on any atom is 0.408 e. The van der Waals surface area contributed by atoms with Crippen LogP contribution in [0.2, 0.25) is 0 Å². The monoisotopic (exact) mass is 358 g/mol. The Morgan fingerprint density at radius 1 is 1.04 bits per heavy atom. The Labute approximate surface area is 153 Å². The van der Waals surface area contributed by atoms with Gasteiger partial charge in [-0.05, 0) is 60.8 Å². The van der Waals surface area contributed by atoms with E-state index in [0.29, 0.717) is 6.54 Å². The number of guanidine groups is 1. The number of methoxy groups -OCH3 is 1. The maximum atomic E-state index is 11.9. The van der Waals surface area contributed by atoms with E-state index in [9.17, 15) is 4.79 Å². The number of hydrogen-bond acceptors (Lipinski definition) is 4. The minimum atomic E-state index is -0.511. The van der Waals surface area contributed by atoms with Gasteiger partial charge in [-0.25, -0.2) is 4.79 Å². The molecule has 1 amide bonds. The highest BCUT2D eigenvalue weighted by Gasteiger charge is 2.24. The van der Waals surface area contributed by atoms with E-state index in [1.54, 1.807) is 7.11 Å². The van der Waals surface area contributed by atoms with Gasteiger partial charge < -0.3 is 25.4 Å². The smallest absolute Gasteiger partial charge is 0.408 e. The van der Waals surface area contributed by atoms with E-state index in [2.05, 4.69) is 20.9 Å². The molecule has 0 spiro atoms. The molecule has 7 heteroatoms. The molecule has 0 unspecified atom stereocenters. The summed E-state index contributed by atoms with van der Waals surface area (Å²) in [5.41, 5.74) is -1.01. The highest BCUT2D eigenvalue weighted by molar-refractivity contribution is 5.79. The third-order valence-corrected chi connectivity index (χ3v) is 3.13. The number of nitrogens with one attached hydrogen (secondary N) is 3. The Balaban J connectivity index is 4.38. The van der Waals surface area contributed by atoms with E-state index in [0.717, 1.165) is 44.9 Å². The fourth-order valence-electron chi connectivity index (χ4n) is 1.99. The predicted octanol–water partition coefficient (Wildman–Crippen LogP) is 2.66. The second kappa shape index (κ2) is 12.0. The van der Waals surface area contributed by atoms with Crippen LogP contribution in [0.15, 0.2) is 4.99 Å². The Morgan fingerprint density at radius 2 is 1.72 bits per heavy atom. The van der Waals surface area contributed by atoms with Crippen molar-refractivity contribution >= 4 is 12.1 Å². The third kappa shape index (κ3) is 14.5. The lowest BCUT2D eigenvalue weighted by molar-refractivity contribution is 0.0476. The molecule has 25 heavy (non-hydrogen) atoms. The average Bonchev–Trinajstić information content (AvgIpc) is 2.45. The first-order valence-corrected chi connectivity index (χ1v) is 9.12. The molecule has 0 atom stereocenters. The molecule has 7 nitrogen and oxygen atoms in total.